The van der Waals surface area contributed by atoms with Gasteiger partial charge in [0.2, 0.25) is 0 Å². The monoisotopic (exact) mass is 232 g/mol. The van der Waals surface area contributed by atoms with Gasteiger partial charge in [-0.3, -0.25) is 0 Å². The van der Waals surface area contributed by atoms with E-state index in [2.05, 4.69) is 35.7 Å². The maximum Gasteiger partial charge on any atom is 0.0666 e. The van der Waals surface area contributed by atoms with Gasteiger partial charge in [0, 0.05) is 24.1 Å². The van der Waals surface area contributed by atoms with E-state index in [0.29, 0.717) is 6.04 Å². The Morgan fingerprint density at radius 1 is 1.56 bits per heavy atom. The number of fused-ring (bicyclic) bond motifs is 1. The van der Waals surface area contributed by atoms with Crippen molar-refractivity contribution in [2.24, 2.45) is 5.92 Å². The minimum absolute atomic E-state index is 0.0825. The molecule has 2 atom stereocenters. The molecule has 0 bridgehead atoms. The van der Waals surface area contributed by atoms with Crippen molar-refractivity contribution in [2.45, 2.75) is 18.7 Å². The Bertz CT molecular complexity index is 397. The molecule has 1 aromatic carbocycles. The average molecular weight is 232 g/mol. The zero-order valence-electron chi connectivity index (χ0n) is 9.44. The fourth-order valence-corrected chi connectivity index (χ4v) is 3.05. The van der Waals surface area contributed by atoms with Crippen LogP contribution in [0.1, 0.15) is 24.1 Å². The third kappa shape index (κ3) is 2.58. The maximum atomic E-state index is 8.76. The van der Waals surface area contributed by atoms with Crippen molar-refractivity contribution < 1.29 is 0 Å². The smallest absolute Gasteiger partial charge is 0.0666 e. The first-order valence-electron chi connectivity index (χ1n) is 5.60. The molecule has 2 nitrogen and oxygen atoms in total. The molecule has 84 valence electrons. The molecule has 1 aliphatic rings. The molecule has 1 aliphatic heterocycles. The molecule has 0 radical (unpaired) electrons. The summed E-state index contributed by atoms with van der Waals surface area (Å²) >= 11 is 1.96. The first-order chi connectivity index (χ1) is 7.81. The van der Waals surface area contributed by atoms with Gasteiger partial charge >= 0.3 is 0 Å². The van der Waals surface area contributed by atoms with Crippen molar-refractivity contribution in [3.05, 3.63) is 35.4 Å². The fourth-order valence-electron chi connectivity index (χ4n) is 1.92. The zero-order valence-corrected chi connectivity index (χ0v) is 10.3. The van der Waals surface area contributed by atoms with Crippen molar-refractivity contribution in [1.82, 2.24) is 5.32 Å². The quantitative estimate of drug-likeness (QED) is 0.870. The highest BCUT2D eigenvalue weighted by Crippen LogP contribution is 2.31. The third-order valence-corrected chi connectivity index (χ3v) is 3.95. The molecule has 16 heavy (non-hydrogen) atoms. The van der Waals surface area contributed by atoms with E-state index in [4.69, 9.17) is 5.26 Å². The molecule has 0 saturated carbocycles. The number of nitrogens with zero attached hydrogens (tertiary/aromatic N) is 1. The van der Waals surface area contributed by atoms with E-state index in [1.54, 1.807) is 0 Å². The number of thioether (sulfide) groups is 1. The van der Waals surface area contributed by atoms with Crippen LogP contribution in [0.15, 0.2) is 24.3 Å². The van der Waals surface area contributed by atoms with Crippen LogP contribution in [-0.2, 0) is 5.75 Å². The zero-order chi connectivity index (χ0) is 11.4. The molecule has 0 aliphatic carbocycles. The summed E-state index contributed by atoms with van der Waals surface area (Å²) in [4.78, 5) is 0. The molecular formula is C13H16N2S. The van der Waals surface area contributed by atoms with Gasteiger partial charge in [-0.05, 0) is 18.1 Å². The minimum Gasteiger partial charge on any atom is -0.308 e. The molecule has 2 rings (SSSR count). The number of nitriles is 1. The fraction of sp³-hybridized carbons (Fsp3) is 0.462. The van der Waals surface area contributed by atoms with Crippen LogP contribution in [0.25, 0.3) is 0 Å². The second-order valence-electron chi connectivity index (χ2n) is 4.20. The van der Waals surface area contributed by atoms with E-state index in [0.717, 1.165) is 18.1 Å². The lowest BCUT2D eigenvalue weighted by molar-refractivity contribution is 0.528. The van der Waals surface area contributed by atoms with E-state index in [9.17, 15) is 0 Å². The van der Waals surface area contributed by atoms with E-state index < -0.39 is 0 Å². The predicted molar refractivity (Wildman–Crippen MR) is 68.1 cm³/mol. The number of hydrogen-bond acceptors (Lipinski definition) is 3. The van der Waals surface area contributed by atoms with E-state index in [-0.39, 0.29) is 5.92 Å². The van der Waals surface area contributed by atoms with Gasteiger partial charge in [-0.15, -0.1) is 0 Å². The van der Waals surface area contributed by atoms with Crippen LogP contribution in [0.2, 0.25) is 0 Å². The third-order valence-electron chi connectivity index (χ3n) is 2.86. The molecule has 1 N–H and O–H groups in total. The van der Waals surface area contributed by atoms with Crippen LogP contribution in [0.5, 0.6) is 0 Å². The lowest BCUT2D eigenvalue weighted by Gasteiger charge is -2.26. The summed E-state index contributed by atoms with van der Waals surface area (Å²) in [5, 5.41) is 12.2. The lowest BCUT2D eigenvalue weighted by Crippen LogP contribution is -2.29. The molecule has 3 heteroatoms. The molecular weight excluding hydrogens is 216 g/mol. The number of rotatable bonds is 3. The van der Waals surface area contributed by atoms with E-state index in [1.165, 1.54) is 11.1 Å². The van der Waals surface area contributed by atoms with Crippen LogP contribution in [0.4, 0.5) is 0 Å². The van der Waals surface area contributed by atoms with E-state index >= 15 is 0 Å². The number of hydrogen-bond donors (Lipinski definition) is 1. The van der Waals surface area contributed by atoms with Gasteiger partial charge in [-0.25, -0.2) is 0 Å². The standard InChI is InChI=1S/C13H16N2S/c1-10(6-14)7-15-13-9-16-8-11-4-2-3-5-12(11)13/h2-5,10,13,15H,7-9H2,1H3. The van der Waals surface area contributed by atoms with Crippen LogP contribution in [0, 0.1) is 17.2 Å². The lowest BCUT2D eigenvalue weighted by atomic mass is 10.0. The van der Waals surface area contributed by atoms with Crippen molar-refractivity contribution in [2.75, 3.05) is 12.3 Å². The van der Waals surface area contributed by atoms with Crippen molar-refractivity contribution in [1.29, 1.82) is 5.26 Å². The molecule has 0 fully saturated rings. The molecule has 2 unspecified atom stereocenters. The van der Waals surface area contributed by atoms with E-state index in [1.807, 2.05) is 18.7 Å². The van der Waals surface area contributed by atoms with Crippen LogP contribution < -0.4 is 5.32 Å². The number of benzene rings is 1. The van der Waals surface area contributed by atoms with Crippen molar-refractivity contribution in [3.8, 4) is 6.07 Å². The Hall–Kier alpha value is -0.980. The topological polar surface area (TPSA) is 35.8 Å². The highest BCUT2D eigenvalue weighted by atomic mass is 32.2. The number of nitrogens with one attached hydrogen (secondary N) is 1. The maximum absolute atomic E-state index is 8.76. The van der Waals surface area contributed by atoms with Crippen LogP contribution in [-0.4, -0.2) is 12.3 Å². The minimum atomic E-state index is 0.0825. The second-order valence-corrected chi connectivity index (χ2v) is 5.24. The normalized spacial score (nSPS) is 20.9. The van der Waals surface area contributed by atoms with Gasteiger partial charge < -0.3 is 5.32 Å². The predicted octanol–water partition coefficient (Wildman–Crippen LogP) is 2.72. The highest BCUT2D eigenvalue weighted by molar-refractivity contribution is 7.98. The Labute approximate surface area is 101 Å². The molecule has 1 aromatic rings. The summed E-state index contributed by atoms with van der Waals surface area (Å²) in [5.74, 6) is 2.30. The summed E-state index contributed by atoms with van der Waals surface area (Å²) in [5.41, 5.74) is 2.84. The molecule has 0 aromatic heterocycles. The summed E-state index contributed by atoms with van der Waals surface area (Å²) in [7, 11) is 0. The van der Waals surface area contributed by atoms with Gasteiger partial charge in [-0.1, -0.05) is 24.3 Å². The van der Waals surface area contributed by atoms with Gasteiger partial charge in [0.25, 0.3) is 0 Å². The van der Waals surface area contributed by atoms with Gasteiger partial charge in [0.15, 0.2) is 0 Å². The van der Waals surface area contributed by atoms with Crippen LogP contribution >= 0.6 is 11.8 Å². The molecule has 0 spiro atoms. The Balaban J connectivity index is 2.05. The summed E-state index contributed by atoms with van der Waals surface area (Å²) in [6.07, 6.45) is 0. The Kier molecular flexibility index (Phi) is 3.87. The average Bonchev–Trinajstić information content (AvgIpc) is 2.35. The molecule has 0 saturated heterocycles. The van der Waals surface area contributed by atoms with Crippen LogP contribution in [0.3, 0.4) is 0 Å². The van der Waals surface area contributed by atoms with Crippen molar-refractivity contribution in [3.63, 3.8) is 0 Å². The highest BCUT2D eigenvalue weighted by Gasteiger charge is 2.19. The van der Waals surface area contributed by atoms with Gasteiger partial charge in [0.05, 0.1) is 12.0 Å². The summed E-state index contributed by atoms with van der Waals surface area (Å²) in [6, 6.07) is 11.3. The summed E-state index contributed by atoms with van der Waals surface area (Å²) < 4.78 is 0. The largest absolute Gasteiger partial charge is 0.308 e. The van der Waals surface area contributed by atoms with Crippen molar-refractivity contribution >= 4 is 11.8 Å². The van der Waals surface area contributed by atoms with Gasteiger partial charge in [-0.2, -0.15) is 17.0 Å². The first kappa shape index (κ1) is 11.5. The van der Waals surface area contributed by atoms with Gasteiger partial charge in [0.1, 0.15) is 0 Å². The molecule has 0 amide bonds. The molecule has 1 heterocycles. The first-order valence-corrected chi connectivity index (χ1v) is 6.75. The summed E-state index contributed by atoms with van der Waals surface area (Å²) in [6.45, 7) is 2.73. The Morgan fingerprint density at radius 3 is 3.19 bits per heavy atom. The SMILES string of the molecule is CC(C#N)CNC1CSCc2ccccc21. The second kappa shape index (κ2) is 5.38. The Morgan fingerprint density at radius 2 is 2.38 bits per heavy atom.